The maximum Gasteiger partial charge on any atom is 0.0580 e. The van der Waals surface area contributed by atoms with Crippen molar-refractivity contribution in [1.82, 2.24) is 4.90 Å². The second-order valence-corrected chi connectivity index (χ2v) is 6.03. The molecule has 2 rings (SSSR count). The fourth-order valence-corrected chi connectivity index (χ4v) is 3.69. The van der Waals surface area contributed by atoms with E-state index in [1.807, 2.05) is 0 Å². The molecule has 0 aromatic rings. The van der Waals surface area contributed by atoms with Crippen molar-refractivity contribution in [3.8, 4) is 0 Å². The summed E-state index contributed by atoms with van der Waals surface area (Å²) in [6.07, 6.45) is 9.01. The number of hydrogen-bond donors (Lipinski definition) is 1. The summed E-state index contributed by atoms with van der Waals surface area (Å²) in [4.78, 5) is 2.53. The highest BCUT2D eigenvalue weighted by Crippen LogP contribution is 2.31. The highest BCUT2D eigenvalue weighted by molar-refractivity contribution is 4.84. The van der Waals surface area contributed by atoms with Gasteiger partial charge in [0.15, 0.2) is 0 Å². The lowest BCUT2D eigenvalue weighted by Gasteiger charge is -2.38. The summed E-state index contributed by atoms with van der Waals surface area (Å²) in [6.45, 7) is 3.50. The van der Waals surface area contributed by atoms with Crippen LogP contribution in [0.2, 0.25) is 0 Å². The second kappa shape index (κ2) is 5.50. The van der Waals surface area contributed by atoms with E-state index in [2.05, 4.69) is 18.9 Å². The molecule has 0 heterocycles. The monoisotopic (exact) mass is 225 g/mol. The highest BCUT2D eigenvalue weighted by atomic mass is 16.3. The molecule has 0 aromatic carbocycles. The summed E-state index contributed by atoms with van der Waals surface area (Å²) in [6, 6.07) is 0.765. The molecule has 2 nitrogen and oxygen atoms in total. The molecular formula is C14H27NO. The summed E-state index contributed by atoms with van der Waals surface area (Å²) >= 11 is 0. The second-order valence-electron chi connectivity index (χ2n) is 6.03. The molecule has 1 N–H and O–H groups in total. The molecule has 0 saturated heterocycles. The third-order valence-corrected chi connectivity index (χ3v) is 4.77. The van der Waals surface area contributed by atoms with Crippen LogP contribution in [0.5, 0.6) is 0 Å². The maximum absolute atomic E-state index is 9.88. The predicted octanol–water partition coefficient (Wildman–Crippen LogP) is 2.66. The Morgan fingerprint density at radius 1 is 1.06 bits per heavy atom. The molecule has 0 radical (unpaired) electrons. The van der Waals surface area contributed by atoms with E-state index in [9.17, 15) is 5.11 Å². The van der Waals surface area contributed by atoms with Crippen molar-refractivity contribution >= 4 is 0 Å². The van der Waals surface area contributed by atoms with Gasteiger partial charge in [-0.25, -0.2) is 0 Å². The van der Waals surface area contributed by atoms with Crippen LogP contribution in [-0.4, -0.2) is 35.7 Å². The van der Waals surface area contributed by atoms with E-state index in [1.54, 1.807) is 0 Å². The molecule has 0 spiro atoms. The molecule has 0 bridgehead atoms. The topological polar surface area (TPSA) is 23.5 Å². The van der Waals surface area contributed by atoms with Gasteiger partial charge in [-0.15, -0.1) is 0 Å². The van der Waals surface area contributed by atoms with Crippen molar-refractivity contribution in [3.63, 3.8) is 0 Å². The Bertz CT molecular complexity index is 219. The first kappa shape index (κ1) is 12.4. The quantitative estimate of drug-likeness (QED) is 0.798. The van der Waals surface area contributed by atoms with E-state index in [1.165, 1.54) is 38.5 Å². The lowest BCUT2D eigenvalue weighted by Crippen LogP contribution is -2.42. The van der Waals surface area contributed by atoms with Crippen LogP contribution in [0.1, 0.15) is 51.9 Å². The number of rotatable bonds is 3. The van der Waals surface area contributed by atoms with Gasteiger partial charge in [-0.2, -0.15) is 0 Å². The lowest BCUT2D eigenvalue weighted by molar-refractivity contribution is 0.0727. The van der Waals surface area contributed by atoms with Crippen LogP contribution >= 0.6 is 0 Å². The summed E-state index contributed by atoms with van der Waals surface area (Å²) in [7, 11) is 2.26. The van der Waals surface area contributed by atoms with Crippen LogP contribution in [0.15, 0.2) is 0 Å². The molecule has 4 unspecified atom stereocenters. The van der Waals surface area contributed by atoms with Crippen LogP contribution in [-0.2, 0) is 0 Å². The molecule has 2 aliphatic rings. The average Bonchev–Trinajstić information content (AvgIpc) is 2.65. The zero-order chi connectivity index (χ0) is 11.5. The van der Waals surface area contributed by atoms with Crippen LogP contribution in [0.25, 0.3) is 0 Å². The van der Waals surface area contributed by atoms with E-state index in [-0.39, 0.29) is 6.10 Å². The molecule has 94 valence electrons. The molecule has 2 saturated carbocycles. The molecule has 2 heteroatoms. The first-order chi connectivity index (χ1) is 7.68. The maximum atomic E-state index is 9.88. The minimum Gasteiger partial charge on any atom is -0.393 e. The van der Waals surface area contributed by atoms with Gasteiger partial charge in [-0.05, 0) is 44.6 Å². The van der Waals surface area contributed by atoms with Gasteiger partial charge in [0.2, 0.25) is 0 Å². The van der Waals surface area contributed by atoms with Gasteiger partial charge >= 0.3 is 0 Å². The van der Waals surface area contributed by atoms with E-state index in [0.29, 0.717) is 5.92 Å². The number of nitrogens with zero attached hydrogens (tertiary/aromatic N) is 1. The van der Waals surface area contributed by atoms with Crippen LogP contribution in [0.3, 0.4) is 0 Å². The first-order valence-electron chi connectivity index (χ1n) is 7.07. The fourth-order valence-electron chi connectivity index (χ4n) is 3.69. The Balaban J connectivity index is 1.84. The Morgan fingerprint density at radius 3 is 2.44 bits per heavy atom. The smallest absolute Gasteiger partial charge is 0.0580 e. The van der Waals surface area contributed by atoms with Gasteiger partial charge in [0, 0.05) is 12.6 Å². The first-order valence-corrected chi connectivity index (χ1v) is 7.07. The van der Waals surface area contributed by atoms with Gasteiger partial charge in [0.05, 0.1) is 6.10 Å². The SMILES string of the molecule is CC1CCCCC1N(C)CC1CCCC1O. The zero-order valence-corrected chi connectivity index (χ0v) is 10.9. The molecule has 16 heavy (non-hydrogen) atoms. The average molecular weight is 225 g/mol. The largest absolute Gasteiger partial charge is 0.393 e. The van der Waals surface area contributed by atoms with Crippen molar-refractivity contribution in [1.29, 1.82) is 0 Å². The van der Waals surface area contributed by atoms with Crippen LogP contribution in [0.4, 0.5) is 0 Å². The number of hydrogen-bond acceptors (Lipinski definition) is 2. The zero-order valence-electron chi connectivity index (χ0n) is 10.9. The summed E-state index contributed by atoms with van der Waals surface area (Å²) < 4.78 is 0. The van der Waals surface area contributed by atoms with Crippen LogP contribution in [0, 0.1) is 11.8 Å². The van der Waals surface area contributed by atoms with E-state index < -0.39 is 0 Å². The molecular weight excluding hydrogens is 198 g/mol. The third-order valence-electron chi connectivity index (χ3n) is 4.77. The van der Waals surface area contributed by atoms with Crippen molar-refractivity contribution < 1.29 is 5.11 Å². The Kier molecular flexibility index (Phi) is 4.26. The van der Waals surface area contributed by atoms with Gasteiger partial charge in [0.1, 0.15) is 0 Å². The summed E-state index contributed by atoms with van der Waals surface area (Å²) in [5.74, 6) is 1.39. The normalized spacial score (nSPS) is 40.5. The minimum atomic E-state index is -0.0265. The Labute approximate surface area is 100 Å². The number of aliphatic hydroxyl groups is 1. The molecule has 2 fully saturated rings. The Morgan fingerprint density at radius 2 is 1.81 bits per heavy atom. The fraction of sp³-hybridized carbons (Fsp3) is 1.00. The molecule has 2 aliphatic carbocycles. The van der Waals surface area contributed by atoms with Gasteiger partial charge in [-0.3, -0.25) is 0 Å². The third kappa shape index (κ3) is 2.78. The van der Waals surface area contributed by atoms with Gasteiger partial charge < -0.3 is 10.0 Å². The Hall–Kier alpha value is -0.0800. The molecule has 0 aliphatic heterocycles. The van der Waals surface area contributed by atoms with Gasteiger partial charge in [0.25, 0.3) is 0 Å². The highest BCUT2D eigenvalue weighted by Gasteiger charge is 2.30. The minimum absolute atomic E-state index is 0.0265. The van der Waals surface area contributed by atoms with Crippen LogP contribution < -0.4 is 0 Å². The van der Waals surface area contributed by atoms with Crippen molar-refractivity contribution in [2.45, 2.75) is 64.0 Å². The summed E-state index contributed by atoms with van der Waals surface area (Å²) in [5, 5.41) is 9.88. The lowest BCUT2D eigenvalue weighted by atomic mass is 9.84. The summed E-state index contributed by atoms with van der Waals surface area (Å²) in [5.41, 5.74) is 0. The number of aliphatic hydroxyl groups excluding tert-OH is 1. The standard InChI is InChI=1S/C14H27NO/c1-11-6-3-4-8-13(11)15(2)10-12-7-5-9-14(12)16/h11-14,16H,3-10H2,1-2H3. The van der Waals surface area contributed by atoms with E-state index in [0.717, 1.165) is 24.9 Å². The molecule has 0 aromatic heterocycles. The van der Waals surface area contributed by atoms with Crippen molar-refractivity contribution in [2.75, 3.05) is 13.6 Å². The van der Waals surface area contributed by atoms with E-state index in [4.69, 9.17) is 0 Å². The molecule has 0 amide bonds. The molecule has 4 atom stereocenters. The van der Waals surface area contributed by atoms with Gasteiger partial charge in [-0.1, -0.05) is 26.2 Å². The van der Waals surface area contributed by atoms with Crippen molar-refractivity contribution in [3.05, 3.63) is 0 Å². The van der Waals surface area contributed by atoms with E-state index >= 15 is 0 Å². The van der Waals surface area contributed by atoms with Crippen molar-refractivity contribution in [2.24, 2.45) is 11.8 Å². The predicted molar refractivity (Wildman–Crippen MR) is 67.4 cm³/mol.